The Kier molecular flexibility index (Phi) is 13.5. The van der Waals surface area contributed by atoms with Gasteiger partial charge in [0.1, 0.15) is 0 Å². The van der Waals surface area contributed by atoms with Crippen molar-refractivity contribution in [1.29, 1.82) is 0 Å². The molecule has 1 spiro atoms. The number of nitrogens with two attached hydrogens (primary N) is 1. The molecule has 0 saturated carbocycles. The summed E-state index contributed by atoms with van der Waals surface area (Å²) in [6.07, 6.45) is 4.90. The number of aliphatic hydroxyl groups excluding tert-OH is 1. The second kappa shape index (κ2) is 15.3. The van der Waals surface area contributed by atoms with Crippen molar-refractivity contribution in [3.63, 3.8) is 0 Å². The Morgan fingerprint density at radius 2 is 1.95 bits per heavy atom. The van der Waals surface area contributed by atoms with Crippen molar-refractivity contribution in [1.82, 2.24) is 19.9 Å². The molecule has 0 unspecified atom stereocenters. The van der Waals surface area contributed by atoms with Crippen molar-refractivity contribution in [3.8, 4) is 0 Å². The minimum atomic E-state index is -1.98. The number of aliphatic hydroxyl groups is 1. The molecule has 3 aromatic rings. The van der Waals surface area contributed by atoms with Crippen LogP contribution in [0, 0.1) is 62.2 Å². The zero-order valence-electron chi connectivity index (χ0n) is 21.0. The van der Waals surface area contributed by atoms with Crippen LogP contribution in [0.25, 0.3) is 11.0 Å². The molecule has 204 valence electrons. The second-order valence-electron chi connectivity index (χ2n) is 8.81. The van der Waals surface area contributed by atoms with E-state index in [0.717, 1.165) is 16.8 Å². The van der Waals surface area contributed by atoms with Crippen molar-refractivity contribution in [3.05, 3.63) is 53.1 Å². The van der Waals surface area contributed by atoms with E-state index in [2.05, 4.69) is 15.0 Å². The summed E-state index contributed by atoms with van der Waals surface area (Å²) >= 11 is 6.05. The summed E-state index contributed by atoms with van der Waals surface area (Å²) in [5.74, 6) is 0.550. The number of amides is 2. The van der Waals surface area contributed by atoms with Gasteiger partial charge in [0.2, 0.25) is 11.8 Å². The molecule has 2 aliphatic rings. The third-order valence-corrected chi connectivity index (χ3v) is 7.47. The van der Waals surface area contributed by atoms with E-state index < -0.39 is 16.1 Å². The predicted molar refractivity (Wildman–Crippen MR) is 137 cm³/mol. The first-order valence-electron chi connectivity index (χ1n) is 11.8. The van der Waals surface area contributed by atoms with Gasteiger partial charge in [-0.1, -0.05) is 39.9 Å². The summed E-state index contributed by atoms with van der Waals surface area (Å²) in [6.45, 7) is 1.21. The molecule has 39 heavy (non-hydrogen) atoms. The maximum atomic E-state index is 13.7. The number of fused-ring (bicyclic) bond motifs is 3. The van der Waals surface area contributed by atoms with E-state index >= 15 is 0 Å². The molecule has 3 N–H and O–H groups in total. The Hall–Kier alpha value is -0.956. The quantitative estimate of drug-likeness (QED) is 0.347. The molecule has 0 atom stereocenters. The Bertz CT molecular complexity index is 1370. The number of hydrogen-bond acceptors (Lipinski definition) is 9. The summed E-state index contributed by atoms with van der Waals surface area (Å²) in [7, 11) is -1.98. The molecule has 1 aromatic carbocycles. The molecular weight excluding hydrogens is 996 g/mol. The van der Waals surface area contributed by atoms with Gasteiger partial charge in [0.25, 0.3) is 0 Å². The molecule has 0 aliphatic carbocycles. The van der Waals surface area contributed by atoms with Crippen LogP contribution in [0.5, 0.6) is 0 Å². The fourth-order valence-corrected chi connectivity index (χ4v) is 5.31. The van der Waals surface area contributed by atoms with E-state index in [0.29, 0.717) is 48.7 Å². The van der Waals surface area contributed by atoms with Gasteiger partial charge in [-0.2, -0.15) is 0 Å². The van der Waals surface area contributed by atoms with Gasteiger partial charge in [0.05, 0.1) is 23.8 Å². The maximum Gasteiger partial charge on any atom is 2.00 e. The number of pyridine rings is 1. The van der Waals surface area contributed by atoms with Crippen LogP contribution in [0.4, 0.5) is 5.69 Å². The van der Waals surface area contributed by atoms with Crippen molar-refractivity contribution in [2.45, 2.75) is 31.2 Å². The van der Waals surface area contributed by atoms with E-state index in [9.17, 15) is 18.0 Å². The molecule has 2 aromatic heterocycles. The zero-order valence-corrected chi connectivity index (χ0v) is 30.9. The minimum Gasteiger partial charge on any atom is -0.438 e. The predicted octanol–water partition coefficient (Wildman–Crippen LogP) is 1.28. The van der Waals surface area contributed by atoms with Gasteiger partial charge >= 0.3 is 31.1 Å². The summed E-state index contributed by atoms with van der Waals surface area (Å²) in [4.78, 5) is 42.4. The van der Waals surface area contributed by atoms with Crippen LogP contribution in [-0.2, 0) is 40.7 Å². The average Bonchev–Trinajstić information content (AvgIpc) is 3.40. The maximum absolute atomic E-state index is 13.7. The average molecular weight is 1020 g/mol. The minimum absolute atomic E-state index is 0. The first-order valence-corrected chi connectivity index (χ1v) is 13.4. The largest absolute Gasteiger partial charge is 2.00 e. The third kappa shape index (κ3) is 7.66. The Balaban J connectivity index is 0.000000529. The van der Waals surface area contributed by atoms with Gasteiger partial charge in [-0.05, 0) is 54.1 Å². The van der Waals surface area contributed by atoms with Crippen LogP contribution in [0.1, 0.15) is 30.7 Å². The second-order valence-corrected chi connectivity index (χ2v) is 10.3. The molecule has 4 heterocycles. The fourth-order valence-electron chi connectivity index (χ4n) is 4.77. The van der Waals surface area contributed by atoms with Crippen molar-refractivity contribution in [2.75, 3.05) is 36.9 Å². The molecule has 1 fully saturated rings. The molecule has 0 radical (unpaired) electrons. The number of anilines is 1. The summed E-state index contributed by atoms with van der Waals surface area (Å²) in [5, 5.41) is 8.64. The molecule has 1 saturated heterocycles. The summed E-state index contributed by atoms with van der Waals surface area (Å²) in [6, 6.07) is 7.27. The third-order valence-electron chi connectivity index (χ3n) is 6.61. The first kappa shape index (κ1) is 34.2. The normalized spacial score (nSPS) is 15.4. The Morgan fingerprint density at radius 3 is 2.56 bits per heavy atom. The van der Waals surface area contributed by atoms with E-state index in [1.807, 2.05) is 12.1 Å². The monoisotopic (exact) mass is 1020 g/mol. The van der Waals surface area contributed by atoms with Gasteiger partial charge in [0, 0.05) is 68.6 Å². The van der Waals surface area contributed by atoms with Crippen LogP contribution < -0.4 is 15.6 Å². The SMILES string of the molecule is NCC(=O)N1CCC2(CC1)C(=O)N(Cc1nc3ccc(Cl)cc3[n-]1)c1cnccc12.O=[S-](=O)CCCO.[U+2].[U]. The van der Waals surface area contributed by atoms with E-state index in [1.165, 1.54) is 0 Å². The number of benzene rings is 1. The zero-order chi connectivity index (χ0) is 26.6. The number of carbonyl (C=O) groups excluding carboxylic acids is 2. The van der Waals surface area contributed by atoms with Gasteiger partial charge < -0.3 is 39.0 Å². The van der Waals surface area contributed by atoms with Crippen LogP contribution in [-0.4, -0.2) is 63.8 Å². The molecule has 15 heteroatoms. The first-order chi connectivity index (χ1) is 17.8. The number of aromatic nitrogens is 3. The Labute approximate surface area is 280 Å². The number of carbonyl (C=O) groups is 2. The molecular formula is C24H27ClN6O5SU2. The van der Waals surface area contributed by atoms with Gasteiger partial charge in [-0.3, -0.25) is 14.6 Å². The summed E-state index contributed by atoms with van der Waals surface area (Å²) in [5.41, 5.74) is 8.05. The number of imidazole rings is 1. The van der Waals surface area contributed by atoms with Crippen molar-refractivity contribution < 1.29 is 85.3 Å². The van der Waals surface area contributed by atoms with E-state index in [-0.39, 0.29) is 99.5 Å². The molecule has 5 rings (SSSR count). The number of halogens is 1. The Morgan fingerprint density at radius 1 is 1.23 bits per heavy atom. The molecule has 2 aliphatic heterocycles. The summed E-state index contributed by atoms with van der Waals surface area (Å²) < 4.78 is 19.3. The van der Waals surface area contributed by atoms with Crippen molar-refractivity contribution >= 4 is 50.8 Å². The number of hydrogen-bond donors (Lipinski definition) is 2. The van der Waals surface area contributed by atoms with Gasteiger partial charge in [0.15, 0.2) is 0 Å². The van der Waals surface area contributed by atoms with E-state index in [4.69, 9.17) is 22.4 Å². The van der Waals surface area contributed by atoms with Crippen LogP contribution in [0.2, 0.25) is 5.02 Å². The number of rotatable bonds is 6. The number of piperidine rings is 1. The molecule has 11 nitrogen and oxygen atoms in total. The standard InChI is InChI=1S/C21H20ClN6O2.C3H7O3S.2U/c22-13-1-2-15-16(9-13)26-18(25-15)12-28-17-11-24-6-3-14(17)21(20(28)30)4-7-27(8-5-21)19(29)10-23;4-2-1-3-7(5)6;;/h1-3,6,9,11H,4-5,7-8,10,12,23H2;4H,1-3H2;;/q2*-1;;+2. The molecule has 0 bridgehead atoms. The topological polar surface area (TPSA) is 161 Å². The van der Waals surface area contributed by atoms with Crippen LogP contribution in [0.15, 0.2) is 36.7 Å². The molecule has 2 amide bonds. The number of nitrogens with zero attached hydrogens (tertiary/aromatic N) is 5. The van der Waals surface area contributed by atoms with Gasteiger partial charge in [-0.15, -0.1) is 0 Å². The fraction of sp³-hybridized carbons (Fsp3) is 0.417. The number of likely N-dealkylation sites (tertiary alicyclic amines) is 1. The van der Waals surface area contributed by atoms with Crippen LogP contribution in [0.3, 0.4) is 0 Å². The van der Waals surface area contributed by atoms with E-state index in [1.54, 1.807) is 34.3 Å². The van der Waals surface area contributed by atoms with Crippen molar-refractivity contribution in [2.24, 2.45) is 5.73 Å². The van der Waals surface area contributed by atoms with Crippen LogP contribution >= 0.6 is 11.6 Å². The smallest absolute Gasteiger partial charge is 0.438 e. The van der Waals surface area contributed by atoms with Gasteiger partial charge in [-0.25, -0.2) is 0 Å².